The van der Waals surface area contributed by atoms with Crippen LogP contribution < -0.4 is 9.46 Å². The van der Waals surface area contributed by atoms with E-state index in [1.54, 1.807) is 18.2 Å². The number of nitrogens with one attached hydrogen (secondary N) is 1. The van der Waals surface area contributed by atoms with E-state index in [9.17, 15) is 8.42 Å². The molecule has 1 aliphatic heterocycles. The van der Waals surface area contributed by atoms with E-state index in [0.29, 0.717) is 13.2 Å². The standard InChI is InChI=1S/C20H29N3O3S/c1-4-26-20-10-9-17(14-16(20)2)27(24,25)21-15-19(23-12-5-6-13-23)18-8-7-11-22(18)3/h7-11,14,19,21H,4-6,12-13,15H2,1-3H3. The second kappa shape index (κ2) is 8.46. The molecule has 2 aromatic rings. The number of likely N-dealkylation sites (tertiary alicyclic amines) is 1. The van der Waals surface area contributed by atoms with Gasteiger partial charge in [0.1, 0.15) is 5.75 Å². The SMILES string of the molecule is CCOc1ccc(S(=O)(=O)NCC(c2cccn2C)N2CCCC2)cc1C. The predicted octanol–water partition coefficient (Wildman–Crippen LogP) is 2.85. The van der Waals surface area contributed by atoms with Gasteiger partial charge in [-0.05, 0) is 75.7 Å². The Morgan fingerprint density at radius 2 is 1.96 bits per heavy atom. The van der Waals surface area contributed by atoms with Gasteiger partial charge < -0.3 is 9.30 Å². The third kappa shape index (κ3) is 4.54. The van der Waals surface area contributed by atoms with Crippen molar-refractivity contribution in [2.45, 2.75) is 37.6 Å². The summed E-state index contributed by atoms with van der Waals surface area (Å²) >= 11 is 0. The van der Waals surface area contributed by atoms with Gasteiger partial charge in [-0.15, -0.1) is 0 Å². The second-order valence-electron chi connectivity index (χ2n) is 7.02. The van der Waals surface area contributed by atoms with Crippen LogP contribution in [0.3, 0.4) is 0 Å². The minimum absolute atomic E-state index is 0.0334. The first kappa shape index (κ1) is 19.9. The number of ether oxygens (including phenoxy) is 1. The average molecular weight is 392 g/mol. The Hall–Kier alpha value is -1.83. The molecule has 3 rings (SSSR count). The summed E-state index contributed by atoms with van der Waals surface area (Å²) in [4.78, 5) is 2.64. The van der Waals surface area contributed by atoms with Gasteiger partial charge in [0.25, 0.3) is 0 Å². The summed E-state index contributed by atoms with van der Waals surface area (Å²) in [7, 11) is -1.58. The van der Waals surface area contributed by atoms with E-state index < -0.39 is 10.0 Å². The molecule has 0 radical (unpaired) electrons. The number of nitrogens with zero attached hydrogens (tertiary/aromatic N) is 2. The summed E-state index contributed by atoms with van der Waals surface area (Å²) in [6.07, 6.45) is 4.32. The van der Waals surface area contributed by atoms with Crippen molar-refractivity contribution < 1.29 is 13.2 Å². The van der Waals surface area contributed by atoms with E-state index >= 15 is 0 Å². The quantitative estimate of drug-likeness (QED) is 0.752. The minimum Gasteiger partial charge on any atom is -0.494 e. The Morgan fingerprint density at radius 1 is 1.22 bits per heavy atom. The summed E-state index contributed by atoms with van der Waals surface area (Å²) in [6, 6.07) is 9.10. The second-order valence-corrected chi connectivity index (χ2v) is 8.78. The fourth-order valence-corrected chi connectivity index (χ4v) is 4.80. The molecule has 1 unspecified atom stereocenters. The van der Waals surface area contributed by atoms with Gasteiger partial charge in [0.15, 0.2) is 0 Å². The van der Waals surface area contributed by atoms with Crippen molar-refractivity contribution in [3.63, 3.8) is 0 Å². The highest BCUT2D eigenvalue weighted by atomic mass is 32.2. The summed E-state index contributed by atoms with van der Waals surface area (Å²) in [5.41, 5.74) is 1.95. The number of aryl methyl sites for hydroxylation is 2. The third-order valence-corrected chi connectivity index (χ3v) is 6.55. The van der Waals surface area contributed by atoms with Gasteiger partial charge in [0.05, 0.1) is 17.5 Å². The molecule has 0 spiro atoms. The van der Waals surface area contributed by atoms with Crippen molar-refractivity contribution in [1.82, 2.24) is 14.2 Å². The third-order valence-electron chi connectivity index (χ3n) is 5.13. The lowest BCUT2D eigenvalue weighted by atomic mass is 10.2. The van der Waals surface area contributed by atoms with Crippen LogP contribution in [-0.4, -0.2) is 44.1 Å². The fourth-order valence-electron chi connectivity index (χ4n) is 3.67. The van der Waals surface area contributed by atoms with Crippen LogP contribution in [0.1, 0.15) is 37.1 Å². The molecule has 27 heavy (non-hydrogen) atoms. The first-order chi connectivity index (χ1) is 12.9. The maximum atomic E-state index is 12.9. The summed E-state index contributed by atoms with van der Waals surface area (Å²) in [6.45, 7) is 6.68. The molecule has 1 aromatic heterocycles. The fraction of sp³-hybridized carbons (Fsp3) is 0.500. The van der Waals surface area contributed by atoms with Crippen molar-refractivity contribution in [3.05, 3.63) is 47.8 Å². The lowest BCUT2D eigenvalue weighted by Crippen LogP contribution is -2.37. The molecule has 0 aliphatic carbocycles. The number of benzene rings is 1. The maximum absolute atomic E-state index is 12.9. The Bertz CT molecular complexity index is 870. The van der Waals surface area contributed by atoms with Crippen molar-refractivity contribution >= 4 is 10.0 Å². The van der Waals surface area contributed by atoms with Gasteiger partial charge in [-0.2, -0.15) is 0 Å². The zero-order chi connectivity index (χ0) is 19.4. The predicted molar refractivity (Wildman–Crippen MR) is 106 cm³/mol. The van der Waals surface area contributed by atoms with E-state index in [4.69, 9.17) is 4.74 Å². The van der Waals surface area contributed by atoms with Crippen LogP contribution in [0.15, 0.2) is 41.4 Å². The summed E-state index contributed by atoms with van der Waals surface area (Å²) < 4.78 is 36.1. The molecule has 1 fully saturated rings. The van der Waals surface area contributed by atoms with Crippen LogP contribution in [-0.2, 0) is 17.1 Å². The lowest BCUT2D eigenvalue weighted by molar-refractivity contribution is 0.238. The van der Waals surface area contributed by atoms with Gasteiger partial charge in [0.2, 0.25) is 10.0 Å². The topological polar surface area (TPSA) is 63.6 Å². The molecule has 6 nitrogen and oxygen atoms in total. The lowest BCUT2D eigenvalue weighted by Gasteiger charge is -2.28. The first-order valence-corrected chi connectivity index (χ1v) is 11.0. The van der Waals surface area contributed by atoms with Crippen LogP contribution in [0.2, 0.25) is 0 Å². The minimum atomic E-state index is -3.58. The molecule has 148 valence electrons. The number of hydrogen-bond donors (Lipinski definition) is 1. The van der Waals surface area contributed by atoms with E-state index in [2.05, 4.69) is 20.3 Å². The molecule has 0 bridgehead atoms. The van der Waals surface area contributed by atoms with E-state index in [1.807, 2.05) is 33.2 Å². The highest BCUT2D eigenvalue weighted by Gasteiger charge is 2.27. The number of aromatic nitrogens is 1. The Balaban J connectivity index is 1.77. The van der Waals surface area contributed by atoms with Gasteiger partial charge in [-0.25, -0.2) is 13.1 Å². The number of rotatable bonds is 8. The van der Waals surface area contributed by atoms with Crippen molar-refractivity contribution in [2.75, 3.05) is 26.2 Å². The van der Waals surface area contributed by atoms with Crippen molar-refractivity contribution in [3.8, 4) is 5.75 Å². The Kier molecular flexibility index (Phi) is 6.24. The molecular weight excluding hydrogens is 362 g/mol. The van der Waals surface area contributed by atoms with Crippen LogP contribution in [0, 0.1) is 6.92 Å². The van der Waals surface area contributed by atoms with Crippen LogP contribution in [0.4, 0.5) is 0 Å². The van der Waals surface area contributed by atoms with Crippen molar-refractivity contribution in [2.24, 2.45) is 7.05 Å². The van der Waals surface area contributed by atoms with Gasteiger partial charge >= 0.3 is 0 Å². The van der Waals surface area contributed by atoms with Crippen molar-refractivity contribution in [1.29, 1.82) is 0 Å². The number of hydrogen-bond acceptors (Lipinski definition) is 4. The van der Waals surface area contributed by atoms with Gasteiger partial charge in [0, 0.05) is 25.5 Å². The van der Waals surface area contributed by atoms with Crippen LogP contribution in [0.5, 0.6) is 5.75 Å². The molecule has 2 heterocycles. The van der Waals surface area contributed by atoms with Gasteiger partial charge in [-0.1, -0.05) is 0 Å². The molecule has 0 amide bonds. The van der Waals surface area contributed by atoms with E-state index in [0.717, 1.165) is 42.9 Å². The normalized spacial score (nSPS) is 16.6. The van der Waals surface area contributed by atoms with Crippen LogP contribution in [0.25, 0.3) is 0 Å². The van der Waals surface area contributed by atoms with Gasteiger partial charge in [-0.3, -0.25) is 4.90 Å². The monoisotopic (exact) mass is 391 g/mol. The van der Waals surface area contributed by atoms with E-state index in [1.165, 1.54) is 0 Å². The molecule has 1 saturated heterocycles. The highest BCUT2D eigenvalue weighted by Crippen LogP contribution is 2.26. The number of sulfonamides is 1. The zero-order valence-electron chi connectivity index (χ0n) is 16.3. The molecule has 0 saturated carbocycles. The highest BCUT2D eigenvalue weighted by molar-refractivity contribution is 7.89. The smallest absolute Gasteiger partial charge is 0.240 e. The Labute approximate surface area is 162 Å². The summed E-state index contributed by atoms with van der Waals surface area (Å²) in [5.74, 6) is 0.718. The Morgan fingerprint density at radius 3 is 2.56 bits per heavy atom. The molecule has 1 N–H and O–H groups in total. The first-order valence-electron chi connectivity index (χ1n) is 9.51. The molecule has 7 heteroatoms. The summed E-state index contributed by atoms with van der Waals surface area (Å²) in [5, 5.41) is 0. The van der Waals surface area contributed by atoms with E-state index in [-0.39, 0.29) is 10.9 Å². The average Bonchev–Trinajstić information content (AvgIpc) is 3.30. The maximum Gasteiger partial charge on any atom is 0.240 e. The zero-order valence-corrected chi connectivity index (χ0v) is 17.1. The largest absolute Gasteiger partial charge is 0.494 e. The molecule has 1 aliphatic rings. The van der Waals surface area contributed by atoms with Crippen LogP contribution >= 0.6 is 0 Å². The molecule has 1 atom stereocenters. The molecular formula is C20H29N3O3S. The molecule has 1 aromatic carbocycles.